The van der Waals surface area contributed by atoms with Crippen molar-refractivity contribution in [2.24, 2.45) is 5.92 Å². The number of hydrogen-bond donors (Lipinski definition) is 1. The van der Waals surface area contributed by atoms with Crippen LogP contribution in [0.25, 0.3) is 0 Å². The van der Waals surface area contributed by atoms with Gasteiger partial charge in [0.05, 0.1) is 5.92 Å². The molecule has 0 aromatic heterocycles. The number of carbonyl (C=O) groups excluding carboxylic acids is 2. The van der Waals surface area contributed by atoms with Gasteiger partial charge in [-0.3, -0.25) is 10.1 Å². The first-order chi connectivity index (χ1) is 5.52. The minimum absolute atomic E-state index is 0.0925. The van der Waals surface area contributed by atoms with Gasteiger partial charge in [0, 0.05) is 12.6 Å². The van der Waals surface area contributed by atoms with E-state index in [1.54, 1.807) is 4.90 Å². The molecule has 3 amide bonds. The molecule has 1 atom stereocenters. The maximum atomic E-state index is 11.2. The number of nitrogens with zero attached hydrogens (tertiary/aromatic N) is 1. The zero-order valence-corrected chi connectivity index (χ0v) is 7.63. The molecule has 68 valence electrons. The Bertz CT molecular complexity index is 213. The summed E-state index contributed by atoms with van der Waals surface area (Å²) in [7, 11) is 0. The van der Waals surface area contributed by atoms with E-state index in [1.165, 1.54) is 0 Å². The average molecular weight is 170 g/mol. The molecular weight excluding hydrogens is 156 g/mol. The summed E-state index contributed by atoms with van der Waals surface area (Å²) in [5, 5.41) is 2.31. The molecular formula is C8H14N2O2. The SMILES string of the molecule is CC1CN(C(C)C)C(=O)NC1=O. The molecule has 1 unspecified atom stereocenters. The Kier molecular flexibility index (Phi) is 2.35. The van der Waals surface area contributed by atoms with Gasteiger partial charge in [0.15, 0.2) is 0 Å². The molecule has 0 aliphatic carbocycles. The Balaban J connectivity index is 2.68. The lowest BCUT2D eigenvalue weighted by Crippen LogP contribution is -2.55. The maximum Gasteiger partial charge on any atom is 0.324 e. The molecule has 1 heterocycles. The van der Waals surface area contributed by atoms with Gasteiger partial charge in [-0.15, -0.1) is 0 Å². The Morgan fingerprint density at radius 2 is 2.08 bits per heavy atom. The predicted octanol–water partition coefficient (Wildman–Crippen LogP) is 0.583. The van der Waals surface area contributed by atoms with Crippen LogP contribution in [0.5, 0.6) is 0 Å². The summed E-state index contributed by atoms with van der Waals surface area (Å²) >= 11 is 0. The average Bonchev–Trinajstić information content (AvgIpc) is 1.96. The van der Waals surface area contributed by atoms with Crippen LogP contribution < -0.4 is 5.32 Å². The Hall–Kier alpha value is -1.06. The monoisotopic (exact) mass is 170 g/mol. The molecule has 1 fully saturated rings. The zero-order chi connectivity index (χ0) is 9.30. The maximum absolute atomic E-state index is 11.2. The smallest absolute Gasteiger partial charge is 0.321 e. The third-order valence-electron chi connectivity index (χ3n) is 2.03. The first-order valence-corrected chi connectivity index (χ1v) is 4.14. The third-order valence-corrected chi connectivity index (χ3v) is 2.03. The summed E-state index contributed by atoms with van der Waals surface area (Å²) in [5.74, 6) is -0.262. The first-order valence-electron chi connectivity index (χ1n) is 4.14. The van der Waals surface area contributed by atoms with Gasteiger partial charge in [-0.1, -0.05) is 6.92 Å². The van der Waals surface area contributed by atoms with Gasteiger partial charge in [-0.2, -0.15) is 0 Å². The summed E-state index contributed by atoms with van der Waals surface area (Å²) in [4.78, 5) is 23.9. The lowest BCUT2D eigenvalue weighted by atomic mass is 10.1. The number of amides is 3. The van der Waals surface area contributed by atoms with Gasteiger partial charge in [-0.05, 0) is 13.8 Å². The highest BCUT2D eigenvalue weighted by atomic mass is 16.2. The molecule has 0 aromatic rings. The summed E-state index contributed by atoms with van der Waals surface area (Å²) in [6.07, 6.45) is 0. The lowest BCUT2D eigenvalue weighted by Gasteiger charge is -2.33. The second kappa shape index (κ2) is 3.13. The molecule has 1 rings (SSSR count). The largest absolute Gasteiger partial charge is 0.324 e. The number of urea groups is 1. The van der Waals surface area contributed by atoms with E-state index in [9.17, 15) is 9.59 Å². The van der Waals surface area contributed by atoms with Gasteiger partial charge in [0.25, 0.3) is 0 Å². The molecule has 0 aromatic carbocycles. The van der Waals surface area contributed by atoms with Gasteiger partial charge in [0.1, 0.15) is 0 Å². The number of hydrogen-bond acceptors (Lipinski definition) is 2. The van der Waals surface area contributed by atoms with Crippen LogP contribution in [0.1, 0.15) is 20.8 Å². The topological polar surface area (TPSA) is 49.4 Å². The second-order valence-corrected chi connectivity index (χ2v) is 3.44. The van der Waals surface area contributed by atoms with Crippen molar-refractivity contribution in [3.63, 3.8) is 0 Å². The fraction of sp³-hybridized carbons (Fsp3) is 0.750. The Morgan fingerprint density at radius 3 is 2.58 bits per heavy atom. The lowest BCUT2D eigenvalue weighted by molar-refractivity contribution is -0.125. The Labute approximate surface area is 71.9 Å². The van der Waals surface area contributed by atoms with Crippen molar-refractivity contribution in [1.82, 2.24) is 10.2 Å². The second-order valence-electron chi connectivity index (χ2n) is 3.44. The Morgan fingerprint density at radius 1 is 1.50 bits per heavy atom. The standard InChI is InChI=1S/C8H14N2O2/c1-5(2)10-4-6(3)7(11)9-8(10)12/h5-6H,4H2,1-3H3,(H,9,11,12). The highest BCUT2D eigenvalue weighted by molar-refractivity contribution is 5.97. The van der Waals surface area contributed by atoms with Gasteiger partial charge >= 0.3 is 6.03 Å². The minimum Gasteiger partial charge on any atom is -0.321 e. The number of rotatable bonds is 1. The molecule has 4 nitrogen and oxygen atoms in total. The molecule has 12 heavy (non-hydrogen) atoms. The fourth-order valence-electron chi connectivity index (χ4n) is 1.21. The summed E-state index contributed by atoms with van der Waals surface area (Å²) in [5.41, 5.74) is 0. The van der Waals surface area contributed by atoms with E-state index in [-0.39, 0.29) is 23.9 Å². The zero-order valence-electron chi connectivity index (χ0n) is 7.63. The van der Waals surface area contributed by atoms with Crippen LogP contribution in [-0.4, -0.2) is 29.4 Å². The molecule has 0 saturated carbocycles. The number of imide groups is 1. The van der Waals surface area contributed by atoms with E-state index < -0.39 is 0 Å². The van der Waals surface area contributed by atoms with Crippen LogP contribution in [0.4, 0.5) is 4.79 Å². The van der Waals surface area contributed by atoms with E-state index in [0.717, 1.165) is 0 Å². The fourth-order valence-corrected chi connectivity index (χ4v) is 1.21. The molecule has 4 heteroatoms. The molecule has 1 N–H and O–H groups in total. The van der Waals surface area contributed by atoms with Crippen LogP contribution in [0.2, 0.25) is 0 Å². The van der Waals surface area contributed by atoms with Crippen molar-refractivity contribution in [1.29, 1.82) is 0 Å². The predicted molar refractivity (Wildman–Crippen MR) is 44.5 cm³/mol. The summed E-state index contributed by atoms with van der Waals surface area (Å²) < 4.78 is 0. The molecule has 0 radical (unpaired) electrons. The van der Waals surface area contributed by atoms with Crippen molar-refractivity contribution in [3.05, 3.63) is 0 Å². The molecule has 1 saturated heterocycles. The molecule has 1 aliphatic rings. The normalized spacial score (nSPS) is 24.7. The van der Waals surface area contributed by atoms with Gasteiger partial charge in [0.2, 0.25) is 5.91 Å². The van der Waals surface area contributed by atoms with Crippen LogP contribution >= 0.6 is 0 Å². The van der Waals surface area contributed by atoms with Gasteiger partial charge in [-0.25, -0.2) is 4.79 Å². The quantitative estimate of drug-likeness (QED) is 0.626. The minimum atomic E-state index is -0.270. The first kappa shape index (κ1) is 9.03. The summed E-state index contributed by atoms with van der Waals surface area (Å²) in [6.45, 7) is 6.21. The van der Waals surface area contributed by atoms with Gasteiger partial charge < -0.3 is 4.90 Å². The van der Waals surface area contributed by atoms with Crippen LogP contribution in [-0.2, 0) is 4.79 Å². The van der Waals surface area contributed by atoms with Crippen molar-refractivity contribution in [2.75, 3.05) is 6.54 Å². The number of carbonyl (C=O) groups is 2. The van der Waals surface area contributed by atoms with E-state index in [4.69, 9.17) is 0 Å². The van der Waals surface area contributed by atoms with Crippen molar-refractivity contribution in [2.45, 2.75) is 26.8 Å². The van der Waals surface area contributed by atoms with Crippen LogP contribution in [0.15, 0.2) is 0 Å². The third kappa shape index (κ3) is 1.57. The molecule has 0 spiro atoms. The highest BCUT2D eigenvalue weighted by Gasteiger charge is 2.30. The highest BCUT2D eigenvalue weighted by Crippen LogP contribution is 2.10. The van der Waals surface area contributed by atoms with Crippen LogP contribution in [0.3, 0.4) is 0 Å². The van der Waals surface area contributed by atoms with Crippen molar-refractivity contribution in [3.8, 4) is 0 Å². The van der Waals surface area contributed by atoms with E-state index in [2.05, 4.69) is 5.32 Å². The van der Waals surface area contributed by atoms with E-state index in [1.807, 2.05) is 20.8 Å². The van der Waals surface area contributed by atoms with Crippen molar-refractivity contribution < 1.29 is 9.59 Å². The molecule has 0 bridgehead atoms. The van der Waals surface area contributed by atoms with Crippen molar-refractivity contribution >= 4 is 11.9 Å². The number of nitrogens with one attached hydrogen (secondary N) is 1. The summed E-state index contributed by atoms with van der Waals surface area (Å²) in [6, 6.07) is -0.117. The molecule has 1 aliphatic heterocycles. The van der Waals surface area contributed by atoms with E-state index >= 15 is 0 Å². The van der Waals surface area contributed by atoms with E-state index in [0.29, 0.717) is 6.54 Å². The van der Waals surface area contributed by atoms with Crippen LogP contribution in [0, 0.1) is 5.92 Å².